The number of nitrogens with one attached hydrogen (secondary N) is 1. The van der Waals surface area contributed by atoms with Gasteiger partial charge in [-0.2, -0.15) is 0 Å². The molecule has 0 aliphatic carbocycles. The summed E-state index contributed by atoms with van der Waals surface area (Å²) in [5, 5.41) is 0.738. The molecule has 1 aliphatic heterocycles. The molecule has 0 saturated carbocycles. The predicted molar refractivity (Wildman–Crippen MR) is 125 cm³/mol. The molecule has 1 saturated heterocycles. The third-order valence-electron chi connectivity index (χ3n) is 5.97. The van der Waals surface area contributed by atoms with Gasteiger partial charge in [-0.3, -0.25) is 9.89 Å². The highest BCUT2D eigenvalue weighted by molar-refractivity contribution is 6.10. The minimum Gasteiger partial charge on any atom is -0.494 e. The monoisotopic (exact) mass is 455 g/mol. The zero-order valence-corrected chi connectivity index (χ0v) is 18.9. The predicted octanol–water partition coefficient (Wildman–Crippen LogP) is 3.52. The number of likely N-dealkylation sites (tertiary alicyclic amines) is 1. The van der Waals surface area contributed by atoms with Crippen molar-refractivity contribution in [2.45, 2.75) is 19.4 Å². The number of ether oxygens (including phenoxy) is 2. The Balaban J connectivity index is 1.65. The summed E-state index contributed by atoms with van der Waals surface area (Å²) in [6.45, 7) is 5.01. The maximum atomic E-state index is 14.9. The Kier molecular flexibility index (Phi) is 6.60. The number of hydrogen-bond donors (Lipinski definition) is 2. The summed E-state index contributed by atoms with van der Waals surface area (Å²) in [4.78, 5) is 14.4. The molecule has 0 atom stereocenters. The highest BCUT2D eigenvalue weighted by Gasteiger charge is 2.24. The molecule has 3 aromatic rings. The van der Waals surface area contributed by atoms with Crippen molar-refractivity contribution >= 4 is 22.8 Å². The van der Waals surface area contributed by atoms with Gasteiger partial charge in [0.2, 0.25) is 0 Å². The fourth-order valence-electron chi connectivity index (χ4n) is 3.94. The molecule has 7 nitrogen and oxygen atoms in total. The van der Waals surface area contributed by atoms with Crippen LogP contribution in [0.15, 0.2) is 35.7 Å². The first-order valence-corrected chi connectivity index (χ1v) is 10.7. The number of nitrogens with zero attached hydrogens (tertiary/aromatic N) is 3. The molecule has 0 amide bonds. The van der Waals surface area contributed by atoms with Crippen LogP contribution < -0.4 is 15.2 Å². The lowest BCUT2D eigenvalue weighted by Crippen LogP contribution is -2.49. The highest BCUT2D eigenvalue weighted by atomic mass is 19.1. The van der Waals surface area contributed by atoms with Crippen LogP contribution in [0.25, 0.3) is 16.6 Å². The van der Waals surface area contributed by atoms with Gasteiger partial charge in [0.05, 0.1) is 20.3 Å². The topological polar surface area (TPSA) is 88.8 Å². The zero-order chi connectivity index (χ0) is 23.5. The van der Waals surface area contributed by atoms with Gasteiger partial charge >= 0.3 is 0 Å². The molecule has 3 N–H and O–H groups in total. The van der Waals surface area contributed by atoms with E-state index in [9.17, 15) is 8.78 Å². The summed E-state index contributed by atoms with van der Waals surface area (Å²) in [6, 6.07) is 3.35. The standard InChI is InChI=1S/C24H27F2N5O2/c1-4-31-12-17(13-31)28-11-16(8-27)14-5-18-15(10-30-24(18)29-9-14)6-19-22(25)20(32-2)7-21(33-3)23(19)26/h5,7-11,17H,4,6,12-13,27H2,1-3H3,(H,29,30). The number of aliphatic imine (C=N–C) groups is 1. The molecule has 33 heavy (non-hydrogen) atoms. The Labute approximate surface area is 190 Å². The van der Waals surface area contributed by atoms with Gasteiger partial charge in [-0.15, -0.1) is 0 Å². The SMILES string of the molecule is CCN1CC(N=CC(=CN)c2cnc3[nH]cc(Cc4c(F)c(OC)cc(OC)c4F)c3c2)C1. The second-order valence-corrected chi connectivity index (χ2v) is 7.90. The third kappa shape index (κ3) is 4.41. The summed E-state index contributed by atoms with van der Waals surface area (Å²) in [5.41, 5.74) is 8.51. The Morgan fingerprint density at radius 2 is 1.94 bits per heavy atom. The molecule has 2 aromatic heterocycles. The van der Waals surface area contributed by atoms with Gasteiger partial charge in [0, 0.05) is 72.5 Å². The summed E-state index contributed by atoms with van der Waals surface area (Å²) >= 11 is 0. The van der Waals surface area contributed by atoms with E-state index in [1.54, 1.807) is 18.6 Å². The van der Waals surface area contributed by atoms with Crippen LogP contribution in [0.1, 0.15) is 23.6 Å². The molecule has 0 unspecified atom stereocenters. The number of rotatable bonds is 8. The summed E-state index contributed by atoms with van der Waals surface area (Å²) < 4.78 is 39.9. The van der Waals surface area contributed by atoms with Crippen LogP contribution in [0, 0.1) is 11.6 Å². The van der Waals surface area contributed by atoms with Gasteiger partial charge in [-0.05, 0) is 18.2 Å². The number of halogens is 2. The first kappa shape index (κ1) is 22.7. The summed E-state index contributed by atoms with van der Waals surface area (Å²) in [6.07, 6.45) is 6.63. The van der Waals surface area contributed by atoms with E-state index in [0.717, 1.165) is 36.2 Å². The van der Waals surface area contributed by atoms with Gasteiger partial charge < -0.3 is 20.2 Å². The number of fused-ring (bicyclic) bond motifs is 1. The van der Waals surface area contributed by atoms with E-state index in [0.29, 0.717) is 11.2 Å². The van der Waals surface area contributed by atoms with E-state index in [1.807, 2.05) is 6.07 Å². The van der Waals surface area contributed by atoms with E-state index in [1.165, 1.54) is 26.5 Å². The number of pyridine rings is 1. The van der Waals surface area contributed by atoms with Crippen molar-refractivity contribution in [3.05, 3.63) is 59.1 Å². The van der Waals surface area contributed by atoms with E-state index in [2.05, 4.69) is 26.8 Å². The molecule has 4 rings (SSSR count). The maximum Gasteiger partial charge on any atom is 0.171 e. The summed E-state index contributed by atoms with van der Waals surface area (Å²) in [5.74, 6) is -1.68. The van der Waals surface area contributed by atoms with Crippen molar-refractivity contribution in [1.82, 2.24) is 14.9 Å². The van der Waals surface area contributed by atoms with Crippen molar-refractivity contribution in [2.24, 2.45) is 10.7 Å². The smallest absolute Gasteiger partial charge is 0.171 e. The fraction of sp³-hybridized carbons (Fsp3) is 0.333. The van der Waals surface area contributed by atoms with E-state index in [4.69, 9.17) is 15.2 Å². The molecular weight excluding hydrogens is 428 g/mol. The van der Waals surface area contributed by atoms with Gasteiger partial charge in [0.1, 0.15) is 5.65 Å². The van der Waals surface area contributed by atoms with Gasteiger partial charge in [0.15, 0.2) is 23.1 Å². The molecule has 9 heteroatoms. The Morgan fingerprint density at radius 3 is 2.55 bits per heavy atom. The number of nitrogens with two attached hydrogens (primary N) is 1. The molecule has 3 heterocycles. The molecule has 0 radical (unpaired) electrons. The van der Waals surface area contributed by atoms with Crippen LogP contribution in [-0.2, 0) is 6.42 Å². The van der Waals surface area contributed by atoms with E-state index >= 15 is 0 Å². The van der Waals surface area contributed by atoms with Crippen LogP contribution in [0.3, 0.4) is 0 Å². The highest BCUT2D eigenvalue weighted by Crippen LogP contribution is 2.34. The van der Waals surface area contributed by atoms with Crippen molar-refractivity contribution in [3.63, 3.8) is 0 Å². The first-order valence-electron chi connectivity index (χ1n) is 10.7. The average Bonchev–Trinajstić information content (AvgIpc) is 3.20. The Bertz CT molecular complexity index is 1190. The molecular formula is C24H27F2N5O2. The average molecular weight is 456 g/mol. The Hall–Kier alpha value is -3.46. The van der Waals surface area contributed by atoms with Crippen LogP contribution in [-0.4, -0.2) is 61.0 Å². The van der Waals surface area contributed by atoms with Crippen molar-refractivity contribution in [3.8, 4) is 11.5 Å². The van der Waals surface area contributed by atoms with Gasteiger partial charge in [-0.1, -0.05) is 6.92 Å². The lowest BCUT2D eigenvalue weighted by atomic mass is 10.0. The summed E-state index contributed by atoms with van der Waals surface area (Å²) in [7, 11) is 2.65. The van der Waals surface area contributed by atoms with Crippen LogP contribution >= 0.6 is 0 Å². The van der Waals surface area contributed by atoms with Crippen molar-refractivity contribution in [1.29, 1.82) is 0 Å². The Morgan fingerprint density at radius 1 is 1.24 bits per heavy atom. The van der Waals surface area contributed by atoms with E-state index in [-0.39, 0.29) is 29.5 Å². The molecule has 1 aliphatic rings. The van der Waals surface area contributed by atoms with Crippen LogP contribution in [0.5, 0.6) is 11.5 Å². The van der Waals surface area contributed by atoms with Crippen molar-refractivity contribution < 1.29 is 18.3 Å². The number of aromatic nitrogens is 2. The first-order chi connectivity index (χ1) is 16.0. The van der Waals surface area contributed by atoms with Gasteiger partial charge in [-0.25, -0.2) is 13.8 Å². The van der Waals surface area contributed by atoms with E-state index < -0.39 is 11.6 Å². The largest absolute Gasteiger partial charge is 0.494 e. The third-order valence-corrected chi connectivity index (χ3v) is 5.97. The van der Waals surface area contributed by atoms with Crippen LogP contribution in [0.4, 0.5) is 8.78 Å². The molecule has 1 fully saturated rings. The second kappa shape index (κ2) is 9.58. The molecule has 1 aromatic carbocycles. The van der Waals surface area contributed by atoms with Gasteiger partial charge in [0.25, 0.3) is 0 Å². The minimum absolute atomic E-state index is 0.0128. The fourth-order valence-corrected chi connectivity index (χ4v) is 3.94. The van der Waals surface area contributed by atoms with Crippen LogP contribution in [0.2, 0.25) is 0 Å². The number of likely N-dealkylation sites (N-methyl/N-ethyl adjacent to an activating group) is 1. The van der Waals surface area contributed by atoms with Crippen molar-refractivity contribution in [2.75, 3.05) is 33.9 Å². The number of methoxy groups -OCH3 is 2. The number of benzene rings is 1. The normalized spacial score (nSPS) is 15.4. The minimum atomic E-state index is -0.759. The number of hydrogen-bond acceptors (Lipinski definition) is 6. The quantitative estimate of drug-likeness (QED) is 0.508. The number of allylic oxidation sites excluding steroid dienone is 1. The lowest BCUT2D eigenvalue weighted by molar-refractivity contribution is 0.162. The molecule has 0 bridgehead atoms. The molecule has 0 spiro atoms. The maximum absolute atomic E-state index is 14.9. The number of H-pyrrole nitrogens is 1. The lowest BCUT2D eigenvalue weighted by Gasteiger charge is -2.35. The zero-order valence-electron chi connectivity index (χ0n) is 18.9. The second-order valence-electron chi connectivity index (χ2n) is 7.90. The molecule has 174 valence electrons. The number of aromatic amines is 1.